The number of methoxy groups -OCH3 is 2. The van der Waals surface area contributed by atoms with E-state index in [1.165, 1.54) is 12.5 Å². The highest BCUT2D eigenvalue weighted by Crippen LogP contribution is 2.06. The molecule has 1 aromatic rings. The largest absolute Gasteiger partial charge is 0.388 e. The number of aryl methyl sites for hydroxylation is 1. The molecular formula is C17H28N2O4. The first-order chi connectivity index (χ1) is 11.0. The van der Waals surface area contributed by atoms with Crippen LogP contribution >= 0.6 is 0 Å². The normalized spacial score (nSPS) is 9.57. The van der Waals surface area contributed by atoms with Crippen LogP contribution in [-0.2, 0) is 32.0 Å². The minimum atomic E-state index is -0.208. The Labute approximate surface area is 138 Å². The van der Waals surface area contributed by atoms with Crippen molar-refractivity contribution in [2.24, 2.45) is 0 Å². The van der Waals surface area contributed by atoms with E-state index in [0.717, 1.165) is 25.0 Å². The Kier molecular flexibility index (Phi) is 12.6. The summed E-state index contributed by atoms with van der Waals surface area (Å²) in [5.74, 6) is -0.398. The van der Waals surface area contributed by atoms with E-state index in [-0.39, 0.29) is 18.4 Å². The van der Waals surface area contributed by atoms with Crippen LogP contribution in [0.5, 0.6) is 0 Å². The Bertz CT molecular complexity index is 446. The summed E-state index contributed by atoms with van der Waals surface area (Å²) in [7, 11) is 4.95. The summed E-state index contributed by atoms with van der Waals surface area (Å²) in [6.45, 7) is 2.64. The van der Waals surface area contributed by atoms with Crippen molar-refractivity contribution < 1.29 is 19.1 Å². The summed E-state index contributed by atoms with van der Waals surface area (Å²) in [6.07, 6.45) is 1.99. The molecule has 23 heavy (non-hydrogen) atoms. The smallest absolute Gasteiger partial charge is 0.239 e. The minimum absolute atomic E-state index is 0.0183. The van der Waals surface area contributed by atoms with Crippen LogP contribution < -0.4 is 10.6 Å². The lowest BCUT2D eigenvalue weighted by Crippen LogP contribution is -2.35. The summed E-state index contributed by atoms with van der Waals surface area (Å²) < 4.78 is 9.26. The molecule has 1 rings (SSSR count). The van der Waals surface area contributed by atoms with E-state index in [2.05, 4.69) is 27.5 Å². The fraction of sp³-hybridized carbons (Fsp3) is 0.529. The molecule has 0 unspecified atom stereocenters. The first-order valence-corrected chi connectivity index (χ1v) is 7.51. The highest BCUT2D eigenvalue weighted by molar-refractivity contribution is 5.83. The van der Waals surface area contributed by atoms with Crippen molar-refractivity contribution in [1.82, 2.24) is 10.6 Å². The van der Waals surface area contributed by atoms with Crippen LogP contribution in [-0.4, -0.2) is 46.3 Å². The van der Waals surface area contributed by atoms with Gasteiger partial charge in [-0.25, -0.2) is 0 Å². The summed E-state index contributed by atoms with van der Waals surface area (Å²) >= 11 is 0. The van der Waals surface area contributed by atoms with Crippen molar-refractivity contribution in [2.75, 3.05) is 34.5 Å². The molecule has 0 saturated carbocycles. The van der Waals surface area contributed by atoms with E-state index in [4.69, 9.17) is 4.74 Å². The van der Waals surface area contributed by atoms with Crippen molar-refractivity contribution in [3.05, 3.63) is 35.4 Å². The first-order valence-electron chi connectivity index (χ1n) is 7.51. The first kappa shape index (κ1) is 21.1. The molecule has 2 amide bonds. The molecule has 0 saturated heterocycles. The van der Waals surface area contributed by atoms with E-state index in [1.54, 1.807) is 21.3 Å². The topological polar surface area (TPSA) is 76.7 Å². The van der Waals surface area contributed by atoms with Crippen LogP contribution in [0.1, 0.15) is 24.5 Å². The lowest BCUT2D eigenvalue weighted by molar-refractivity contribution is -0.125. The fourth-order valence-electron chi connectivity index (χ4n) is 1.71. The van der Waals surface area contributed by atoms with Crippen molar-refractivity contribution in [3.8, 4) is 0 Å². The monoisotopic (exact) mass is 324 g/mol. The number of nitrogens with one attached hydrogen (secondary N) is 2. The lowest BCUT2D eigenvalue weighted by Gasteiger charge is -2.07. The maximum Gasteiger partial charge on any atom is 0.239 e. The van der Waals surface area contributed by atoms with Crippen LogP contribution in [0.3, 0.4) is 0 Å². The van der Waals surface area contributed by atoms with Crippen molar-refractivity contribution >= 4 is 11.8 Å². The number of ether oxygens (including phenoxy) is 2. The molecule has 0 bridgehead atoms. The average Bonchev–Trinajstić information content (AvgIpc) is 2.53. The Balaban J connectivity index is 0.00000149. The predicted molar refractivity (Wildman–Crippen MR) is 90.1 cm³/mol. The standard InChI is InChI=1S/C15H22N2O3.C2H6O/c1-12(18)16-11-15(19)17-10-14-7-5-13(6-8-14)4-3-9-20-2;1-3-2/h5-8H,3-4,9-11H2,1-2H3,(H,16,18)(H,17,19);1-2H3. The molecule has 2 N–H and O–H groups in total. The van der Waals surface area contributed by atoms with Crippen LogP contribution in [0.15, 0.2) is 24.3 Å². The number of carbonyl (C=O) groups excluding carboxylic acids is 2. The zero-order chi connectivity index (χ0) is 17.5. The van der Waals surface area contributed by atoms with Gasteiger partial charge in [0.25, 0.3) is 0 Å². The van der Waals surface area contributed by atoms with Gasteiger partial charge in [-0.1, -0.05) is 24.3 Å². The molecule has 0 aliphatic heterocycles. The van der Waals surface area contributed by atoms with Crippen LogP contribution in [0.2, 0.25) is 0 Å². The number of amides is 2. The van der Waals surface area contributed by atoms with Gasteiger partial charge in [0.15, 0.2) is 0 Å². The van der Waals surface area contributed by atoms with Gasteiger partial charge in [0.2, 0.25) is 11.8 Å². The molecule has 0 atom stereocenters. The zero-order valence-corrected chi connectivity index (χ0v) is 14.5. The zero-order valence-electron chi connectivity index (χ0n) is 14.5. The van der Waals surface area contributed by atoms with Crippen LogP contribution in [0, 0.1) is 0 Å². The molecule has 0 aliphatic carbocycles. The Hall–Kier alpha value is -1.92. The van der Waals surface area contributed by atoms with Gasteiger partial charge in [-0.05, 0) is 24.0 Å². The predicted octanol–water partition coefficient (Wildman–Crippen LogP) is 1.28. The SMILES string of the molecule is COC.COCCCc1ccc(CNC(=O)CNC(C)=O)cc1. The highest BCUT2D eigenvalue weighted by Gasteiger charge is 2.02. The van der Waals surface area contributed by atoms with E-state index in [1.807, 2.05) is 12.1 Å². The van der Waals surface area contributed by atoms with E-state index < -0.39 is 0 Å². The van der Waals surface area contributed by atoms with E-state index in [0.29, 0.717) is 6.54 Å². The Morgan fingerprint density at radius 2 is 1.57 bits per heavy atom. The summed E-state index contributed by atoms with van der Waals surface area (Å²) in [4.78, 5) is 22.1. The van der Waals surface area contributed by atoms with Crippen LogP contribution in [0.25, 0.3) is 0 Å². The Morgan fingerprint density at radius 1 is 1.00 bits per heavy atom. The molecule has 130 valence electrons. The van der Waals surface area contributed by atoms with Gasteiger partial charge in [-0.2, -0.15) is 0 Å². The highest BCUT2D eigenvalue weighted by atomic mass is 16.5. The van der Waals surface area contributed by atoms with Crippen LogP contribution in [0.4, 0.5) is 0 Å². The number of hydrogen-bond donors (Lipinski definition) is 2. The Morgan fingerprint density at radius 3 is 2.09 bits per heavy atom. The third kappa shape index (κ3) is 12.3. The second-order valence-electron chi connectivity index (χ2n) is 5.01. The fourth-order valence-corrected chi connectivity index (χ4v) is 1.71. The number of rotatable bonds is 8. The van der Waals surface area contributed by atoms with Crippen molar-refractivity contribution in [3.63, 3.8) is 0 Å². The van der Waals surface area contributed by atoms with Gasteiger partial charge in [0, 0.05) is 41.4 Å². The molecule has 0 fully saturated rings. The van der Waals surface area contributed by atoms with Gasteiger partial charge in [-0.3, -0.25) is 9.59 Å². The van der Waals surface area contributed by atoms with Gasteiger partial charge in [0.1, 0.15) is 0 Å². The third-order valence-electron chi connectivity index (χ3n) is 2.82. The molecule has 6 nitrogen and oxygen atoms in total. The van der Waals surface area contributed by atoms with E-state index in [9.17, 15) is 9.59 Å². The number of hydrogen-bond acceptors (Lipinski definition) is 4. The lowest BCUT2D eigenvalue weighted by atomic mass is 10.1. The summed E-state index contributed by atoms with van der Waals surface area (Å²) in [5, 5.41) is 5.21. The summed E-state index contributed by atoms with van der Waals surface area (Å²) in [5.41, 5.74) is 2.30. The maximum atomic E-state index is 11.4. The second-order valence-corrected chi connectivity index (χ2v) is 5.01. The van der Waals surface area contributed by atoms with Crippen molar-refractivity contribution in [1.29, 1.82) is 0 Å². The average molecular weight is 324 g/mol. The third-order valence-corrected chi connectivity index (χ3v) is 2.82. The molecule has 0 radical (unpaired) electrons. The van der Waals surface area contributed by atoms with Gasteiger partial charge >= 0.3 is 0 Å². The summed E-state index contributed by atoms with van der Waals surface area (Å²) in [6, 6.07) is 8.12. The second kappa shape index (κ2) is 13.7. The molecule has 6 heteroatoms. The van der Waals surface area contributed by atoms with Gasteiger partial charge < -0.3 is 20.1 Å². The van der Waals surface area contributed by atoms with E-state index >= 15 is 0 Å². The maximum absolute atomic E-state index is 11.4. The number of carbonyl (C=O) groups is 2. The molecule has 1 aromatic carbocycles. The molecule has 0 spiro atoms. The molecule has 0 aliphatic rings. The van der Waals surface area contributed by atoms with Crippen molar-refractivity contribution in [2.45, 2.75) is 26.3 Å². The van der Waals surface area contributed by atoms with Gasteiger partial charge in [-0.15, -0.1) is 0 Å². The molecule has 0 heterocycles. The molecule has 0 aromatic heterocycles. The minimum Gasteiger partial charge on any atom is -0.388 e. The number of benzene rings is 1. The molecular weight excluding hydrogens is 296 g/mol. The quantitative estimate of drug-likeness (QED) is 0.706. The van der Waals surface area contributed by atoms with Gasteiger partial charge in [0.05, 0.1) is 6.54 Å².